The van der Waals surface area contributed by atoms with Crippen molar-refractivity contribution in [1.82, 2.24) is 4.98 Å². The fourth-order valence-electron chi connectivity index (χ4n) is 2.91. The Morgan fingerprint density at radius 2 is 2.00 bits per heavy atom. The van der Waals surface area contributed by atoms with E-state index in [1.54, 1.807) is 24.3 Å². The maximum absolute atomic E-state index is 9.72. The highest BCUT2D eigenvalue weighted by atomic mass is 32.1. The third kappa shape index (κ3) is 4.59. The molecule has 0 aliphatic carbocycles. The molecule has 2 aromatic carbocycles. The number of hydrogen-bond acceptors (Lipinski definition) is 5. The fraction of sp³-hybridized carbons (Fsp3) is 0.217. The molecule has 1 aromatic heterocycles. The van der Waals surface area contributed by atoms with Crippen molar-refractivity contribution in [2.24, 2.45) is 5.92 Å². The zero-order valence-electron chi connectivity index (χ0n) is 16.1. The van der Waals surface area contributed by atoms with Crippen LogP contribution in [0.2, 0.25) is 0 Å². The van der Waals surface area contributed by atoms with Crippen molar-refractivity contribution in [2.45, 2.75) is 20.3 Å². The van der Waals surface area contributed by atoms with Crippen LogP contribution in [0.1, 0.15) is 30.0 Å². The third-order valence-corrected chi connectivity index (χ3v) is 5.14. The van der Waals surface area contributed by atoms with Gasteiger partial charge in [-0.05, 0) is 41.7 Å². The summed E-state index contributed by atoms with van der Waals surface area (Å²) in [6.45, 7) is 4.42. The summed E-state index contributed by atoms with van der Waals surface area (Å²) in [7, 11) is 1.49. The second-order valence-corrected chi connectivity index (χ2v) is 7.79. The highest BCUT2D eigenvalue weighted by molar-refractivity contribution is 7.11. The van der Waals surface area contributed by atoms with Gasteiger partial charge in [-0.1, -0.05) is 44.2 Å². The summed E-state index contributed by atoms with van der Waals surface area (Å²) in [6, 6.07) is 15.6. The van der Waals surface area contributed by atoms with Crippen LogP contribution in [0.3, 0.4) is 0 Å². The van der Waals surface area contributed by atoms with Gasteiger partial charge in [-0.3, -0.25) is 0 Å². The van der Waals surface area contributed by atoms with E-state index in [-0.39, 0.29) is 5.75 Å². The van der Waals surface area contributed by atoms with Crippen LogP contribution in [0, 0.1) is 17.2 Å². The first-order valence-electron chi connectivity index (χ1n) is 9.04. The second-order valence-electron chi connectivity index (χ2n) is 6.93. The van der Waals surface area contributed by atoms with Crippen molar-refractivity contribution in [3.63, 3.8) is 0 Å². The molecule has 4 nitrogen and oxygen atoms in total. The van der Waals surface area contributed by atoms with E-state index in [2.05, 4.69) is 49.2 Å². The summed E-state index contributed by atoms with van der Waals surface area (Å²) in [4.78, 5) is 4.65. The molecular weight excluding hydrogens is 368 g/mol. The number of thiazole rings is 1. The lowest BCUT2D eigenvalue weighted by atomic mass is 10.0. The Bertz CT molecular complexity index is 1030. The number of phenolic OH excluding ortho intramolecular Hbond substituents is 1. The number of rotatable bonds is 6. The SMILES string of the molecule is COc1cc(C=C(C#N)c2nc(-c3ccc(CC(C)C)cc3)cs2)ccc1O. The zero-order chi connectivity index (χ0) is 20.1. The molecule has 0 unspecified atom stereocenters. The van der Waals surface area contributed by atoms with Gasteiger partial charge in [0.05, 0.1) is 18.4 Å². The molecule has 0 amide bonds. The smallest absolute Gasteiger partial charge is 0.161 e. The van der Waals surface area contributed by atoms with Gasteiger partial charge in [-0.15, -0.1) is 11.3 Å². The fourth-order valence-corrected chi connectivity index (χ4v) is 3.70. The summed E-state index contributed by atoms with van der Waals surface area (Å²) in [5, 5.41) is 21.9. The molecule has 0 saturated carbocycles. The number of nitriles is 1. The highest BCUT2D eigenvalue weighted by Crippen LogP contribution is 2.30. The molecule has 142 valence electrons. The number of benzene rings is 2. The maximum atomic E-state index is 9.72. The molecule has 0 radical (unpaired) electrons. The summed E-state index contributed by atoms with van der Waals surface area (Å²) >= 11 is 1.44. The summed E-state index contributed by atoms with van der Waals surface area (Å²) in [5.74, 6) is 1.06. The average molecular weight is 391 g/mol. The van der Waals surface area contributed by atoms with Gasteiger partial charge in [0.2, 0.25) is 0 Å². The molecule has 0 bridgehead atoms. The Hall–Kier alpha value is -3.10. The third-order valence-electron chi connectivity index (χ3n) is 4.26. The first-order valence-corrected chi connectivity index (χ1v) is 9.92. The van der Waals surface area contributed by atoms with Crippen molar-refractivity contribution in [3.05, 3.63) is 64.0 Å². The monoisotopic (exact) mass is 390 g/mol. The van der Waals surface area contributed by atoms with Crippen molar-refractivity contribution in [1.29, 1.82) is 5.26 Å². The molecule has 0 aliphatic heterocycles. The molecule has 3 aromatic rings. The minimum Gasteiger partial charge on any atom is -0.504 e. The van der Waals surface area contributed by atoms with Crippen LogP contribution in [0.5, 0.6) is 11.5 Å². The van der Waals surface area contributed by atoms with Gasteiger partial charge in [0.15, 0.2) is 11.5 Å². The van der Waals surface area contributed by atoms with Crippen LogP contribution in [-0.4, -0.2) is 17.2 Å². The van der Waals surface area contributed by atoms with Crippen LogP contribution in [-0.2, 0) is 6.42 Å². The predicted octanol–water partition coefficient (Wildman–Crippen LogP) is 5.79. The van der Waals surface area contributed by atoms with Crippen molar-refractivity contribution in [3.8, 4) is 28.8 Å². The summed E-state index contributed by atoms with van der Waals surface area (Å²) < 4.78 is 5.13. The number of ether oxygens (including phenoxy) is 1. The standard InChI is InChI=1S/C23H22N2O2S/c1-15(2)10-16-4-7-18(8-5-16)20-14-28-23(25-20)19(13-24)11-17-6-9-21(26)22(12-17)27-3/h4-9,11-12,14-15,26H,10H2,1-3H3. The van der Waals surface area contributed by atoms with E-state index in [0.29, 0.717) is 22.2 Å². The molecule has 1 heterocycles. The lowest BCUT2D eigenvalue weighted by molar-refractivity contribution is 0.373. The van der Waals surface area contributed by atoms with Crippen molar-refractivity contribution in [2.75, 3.05) is 7.11 Å². The Labute approximate surface area is 169 Å². The van der Waals surface area contributed by atoms with Gasteiger partial charge in [-0.2, -0.15) is 5.26 Å². The van der Waals surface area contributed by atoms with E-state index in [1.807, 2.05) is 5.38 Å². The number of allylic oxidation sites excluding steroid dienone is 1. The highest BCUT2D eigenvalue weighted by Gasteiger charge is 2.10. The van der Waals surface area contributed by atoms with E-state index >= 15 is 0 Å². The summed E-state index contributed by atoms with van der Waals surface area (Å²) in [5.41, 5.74) is 4.45. The van der Waals surface area contributed by atoms with Gasteiger partial charge in [0.25, 0.3) is 0 Å². The Balaban J connectivity index is 1.86. The number of aromatic hydroxyl groups is 1. The largest absolute Gasteiger partial charge is 0.504 e. The average Bonchev–Trinajstić information content (AvgIpc) is 3.17. The molecule has 0 atom stereocenters. The molecule has 0 saturated heterocycles. The van der Waals surface area contributed by atoms with E-state index in [4.69, 9.17) is 4.74 Å². The zero-order valence-corrected chi connectivity index (χ0v) is 17.0. The first kappa shape index (κ1) is 19.7. The Kier molecular flexibility index (Phi) is 6.13. The quantitative estimate of drug-likeness (QED) is 0.541. The van der Waals surface area contributed by atoms with Gasteiger partial charge < -0.3 is 9.84 Å². The predicted molar refractivity (Wildman–Crippen MR) is 114 cm³/mol. The first-order chi connectivity index (χ1) is 13.5. The van der Waals surface area contributed by atoms with E-state index in [1.165, 1.54) is 24.0 Å². The Morgan fingerprint density at radius 1 is 1.25 bits per heavy atom. The van der Waals surface area contributed by atoms with E-state index in [9.17, 15) is 10.4 Å². The van der Waals surface area contributed by atoms with Gasteiger partial charge in [0.1, 0.15) is 11.1 Å². The van der Waals surface area contributed by atoms with Gasteiger partial charge in [-0.25, -0.2) is 4.98 Å². The molecule has 1 N–H and O–H groups in total. The Morgan fingerprint density at radius 3 is 2.64 bits per heavy atom. The molecule has 0 fully saturated rings. The van der Waals surface area contributed by atoms with Crippen LogP contribution in [0.15, 0.2) is 47.8 Å². The number of phenols is 1. The van der Waals surface area contributed by atoms with E-state index in [0.717, 1.165) is 23.2 Å². The normalized spacial score (nSPS) is 11.5. The van der Waals surface area contributed by atoms with Crippen molar-refractivity contribution >= 4 is 23.0 Å². The van der Waals surface area contributed by atoms with Crippen LogP contribution < -0.4 is 4.74 Å². The minimum absolute atomic E-state index is 0.0654. The molecule has 5 heteroatoms. The van der Waals surface area contributed by atoms with Crippen LogP contribution in [0.25, 0.3) is 22.9 Å². The number of hydrogen-bond donors (Lipinski definition) is 1. The van der Waals surface area contributed by atoms with Crippen LogP contribution in [0.4, 0.5) is 0 Å². The van der Waals surface area contributed by atoms with Gasteiger partial charge in [0, 0.05) is 10.9 Å². The molecule has 28 heavy (non-hydrogen) atoms. The van der Waals surface area contributed by atoms with E-state index < -0.39 is 0 Å². The molecular formula is C23H22N2O2S. The van der Waals surface area contributed by atoms with Crippen LogP contribution >= 0.6 is 11.3 Å². The number of aromatic nitrogens is 1. The molecule has 3 rings (SSSR count). The number of methoxy groups -OCH3 is 1. The second kappa shape index (κ2) is 8.73. The lowest BCUT2D eigenvalue weighted by Gasteiger charge is -2.05. The number of nitrogens with zero attached hydrogens (tertiary/aromatic N) is 2. The molecule has 0 aliphatic rings. The lowest BCUT2D eigenvalue weighted by Crippen LogP contribution is -1.93. The maximum Gasteiger partial charge on any atom is 0.161 e. The van der Waals surface area contributed by atoms with Gasteiger partial charge >= 0.3 is 0 Å². The summed E-state index contributed by atoms with van der Waals surface area (Å²) in [6.07, 6.45) is 2.80. The molecule has 0 spiro atoms. The van der Waals surface area contributed by atoms with Crippen molar-refractivity contribution < 1.29 is 9.84 Å². The minimum atomic E-state index is 0.0654. The topological polar surface area (TPSA) is 66.1 Å².